The minimum absolute atomic E-state index is 0.0247. The quantitative estimate of drug-likeness (QED) is 0.297. The lowest BCUT2D eigenvalue weighted by molar-refractivity contribution is 0.112. The number of hydrogen-bond acceptors (Lipinski definition) is 5. The van der Waals surface area contributed by atoms with Crippen molar-refractivity contribution in [2.45, 2.75) is 33.3 Å². The summed E-state index contributed by atoms with van der Waals surface area (Å²) >= 11 is 0. The van der Waals surface area contributed by atoms with E-state index >= 15 is 0 Å². The maximum atomic E-state index is 14.8. The van der Waals surface area contributed by atoms with E-state index in [0.717, 1.165) is 24.0 Å². The van der Waals surface area contributed by atoms with E-state index in [4.69, 9.17) is 0 Å². The van der Waals surface area contributed by atoms with Crippen LogP contribution in [-0.4, -0.2) is 56.5 Å². The Labute approximate surface area is 219 Å². The molecule has 0 spiro atoms. The molecule has 3 N–H and O–H groups in total. The van der Waals surface area contributed by atoms with E-state index < -0.39 is 11.9 Å². The van der Waals surface area contributed by atoms with E-state index in [9.17, 15) is 19.1 Å². The SMILES string of the molecule is Cc1c(NC(=O)N2C[C@@H](CC(C)C)[C@@H](O)C2)cc(F)cc1-c1ncnc2[nH]c(-c3ccc(C=O)cc3)cc12. The van der Waals surface area contributed by atoms with Crippen LogP contribution in [0.2, 0.25) is 0 Å². The maximum absolute atomic E-state index is 14.8. The zero-order valence-electron chi connectivity index (χ0n) is 21.5. The van der Waals surface area contributed by atoms with Crippen molar-refractivity contribution in [2.75, 3.05) is 18.4 Å². The molecule has 2 amide bonds. The largest absolute Gasteiger partial charge is 0.391 e. The summed E-state index contributed by atoms with van der Waals surface area (Å²) in [6, 6.07) is 11.4. The second-order valence-electron chi connectivity index (χ2n) is 10.3. The zero-order valence-corrected chi connectivity index (χ0v) is 21.5. The normalized spacial score (nSPS) is 17.4. The number of fused-ring (bicyclic) bond motifs is 1. The molecule has 8 nitrogen and oxygen atoms in total. The summed E-state index contributed by atoms with van der Waals surface area (Å²) in [5.74, 6) is -0.0660. The second kappa shape index (κ2) is 10.3. The molecule has 1 aliphatic heterocycles. The second-order valence-corrected chi connectivity index (χ2v) is 10.3. The molecule has 1 fully saturated rings. The Hall–Kier alpha value is -4.11. The molecule has 2 atom stereocenters. The van der Waals surface area contributed by atoms with Gasteiger partial charge in [-0.2, -0.15) is 0 Å². The first-order chi connectivity index (χ1) is 18.2. The van der Waals surface area contributed by atoms with Crippen LogP contribution >= 0.6 is 0 Å². The number of aromatic nitrogens is 3. The number of aliphatic hydroxyl groups excluding tert-OH is 1. The first-order valence-electron chi connectivity index (χ1n) is 12.7. The van der Waals surface area contributed by atoms with Crippen molar-refractivity contribution >= 4 is 29.0 Å². The number of anilines is 1. The molecule has 3 heterocycles. The van der Waals surface area contributed by atoms with Crippen LogP contribution < -0.4 is 5.32 Å². The van der Waals surface area contributed by atoms with Gasteiger partial charge in [-0.05, 0) is 48.6 Å². The third-order valence-corrected chi connectivity index (χ3v) is 7.12. The summed E-state index contributed by atoms with van der Waals surface area (Å²) in [5.41, 5.74) is 4.89. The molecular formula is C29H30FN5O3. The monoisotopic (exact) mass is 515 g/mol. The number of nitrogens with one attached hydrogen (secondary N) is 2. The molecule has 0 unspecified atom stereocenters. The number of carbonyl (C=O) groups is 2. The summed E-state index contributed by atoms with van der Waals surface area (Å²) in [7, 11) is 0. The van der Waals surface area contributed by atoms with Crippen LogP contribution in [0.3, 0.4) is 0 Å². The van der Waals surface area contributed by atoms with Gasteiger partial charge < -0.3 is 20.3 Å². The highest BCUT2D eigenvalue weighted by Crippen LogP contribution is 2.35. The number of halogens is 1. The number of hydrogen-bond donors (Lipinski definition) is 3. The van der Waals surface area contributed by atoms with E-state index in [0.29, 0.717) is 51.6 Å². The van der Waals surface area contributed by atoms with Crippen molar-refractivity contribution in [2.24, 2.45) is 11.8 Å². The predicted octanol–water partition coefficient (Wildman–Crippen LogP) is 5.42. The molecule has 1 saturated heterocycles. The number of aromatic amines is 1. The summed E-state index contributed by atoms with van der Waals surface area (Å²) < 4.78 is 14.8. The Morgan fingerprint density at radius 1 is 1.21 bits per heavy atom. The Bertz CT molecular complexity index is 1500. The van der Waals surface area contributed by atoms with Crippen LogP contribution in [0.15, 0.2) is 48.8 Å². The molecule has 4 aromatic rings. The van der Waals surface area contributed by atoms with Crippen LogP contribution in [0.25, 0.3) is 33.5 Å². The number of urea groups is 1. The number of aliphatic hydroxyl groups is 1. The van der Waals surface area contributed by atoms with E-state index in [1.54, 1.807) is 17.0 Å². The summed E-state index contributed by atoms with van der Waals surface area (Å²) in [6.45, 7) is 6.70. The van der Waals surface area contributed by atoms with Crippen molar-refractivity contribution in [1.29, 1.82) is 0 Å². The van der Waals surface area contributed by atoms with Crippen LogP contribution in [0.5, 0.6) is 0 Å². The zero-order chi connectivity index (χ0) is 27.0. The molecule has 0 bridgehead atoms. The highest BCUT2D eigenvalue weighted by molar-refractivity contribution is 5.97. The molecule has 0 aliphatic carbocycles. The third kappa shape index (κ3) is 5.02. The average molecular weight is 516 g/mol. The number of aldehydes is 1. The molecule has 2 aromatic carbocycles. The molecule has 196 valence electrons. The predicted molar refractivity (Wildman–Crippen MR) is 144 cm³/mol. The lowest BCUT2D eigenvalue weighted by Crippen LogP contribution is -2.34. The fraction of sp³-hybridized carbons (Fsp3) is 0.310. The minimum atomic E-state index is -0.570. The molecule has 0 radical (unpaired) electrons. The van der Waals surface area contributed by atoms with E-state index in [-0.39, 0.29) is 18.5 Å². The van der Waals surface area contributed by atoms with Gasteiger partial charge in [0.05, 0.1) is 11.8 Å². The van der Waals surface area contributed by atoms with Crippen molar-refractivity contribution < 1.29 is 19.1 Å². The summed E-state index contributed by atoms with van der Waals surface area (Å²) in [4.78, 5) is 37.7. The van der Waals surface area contributed by atoms with Crippen molar-refractivity contribution in [1.82, 2.24) is 19.9 Å². The van der Waals surface area contributed by atoms with Gasteiger partial charge in [-0.3, -0.25) is 4.79 Å². The fourth-order valence-corrected chi connectivity index (χ4v) is 5.16. The lowest BCUT2D eigenvalue weighted by Gasteiger charge is -2.19. The van der Waals surface area contributed by atoms with Crippen molar-refractivity contribution in [3.05, 3.63) is 65.7 Å². The molecule has 0 saturated carbocycles. The summed E-state index contributed by atoms with van der Waals surface area (Å²) in [6.07, 6.45) is 2.46. The van der Waals surface area contributed by atoms with Gasteiger partial charge in [0.25, 0.3) is 0 Å². The lowest BCUT2D eigenvalue weighted by atomic mass is 9.95. The van der Waals surface area contributed by atoms with Gasteiger partial charge in [0.2, 0.25) is 0 Å². The topological polar surface area (TPSA) is 111 Å². The number of likely N-dealkylation sites (tertiary alicyclic amines) is 1. The van der Waals surface area contributed by atoms with Crippen LogP contribution in [0.4, 0.5) is 14.9 Å². The molecule has 2 aromatic heterocycles. The number of H-pyrrole nitrogens is 1. The number of carbonyl (C=O) groups excluding carboxylic acids is 2. The van der Waals surface area contributed by atoms with Gasteiger partial charge in [0.1, 0.15) is 24.1 Å². The fourth-order valence-electron chi connectivity index (χ4n) is 5.16. The van der Waals surface area contributed by atoms with Crippen LogP contribution in [0.1, 0.15) is 36.2 Å². The first kappa shape index (κ1) is 25.5. The smallest absolute Gasteiger partial charge is 0.321 e. The standard InChI is InChI=1S/C29H30FN5O3/c1-16(2)8-20-12-35(13-26(20)37)29(38)34-24-10-21(30)9-22(17(24)3)27-23-11-25(33-28(23)32-15-31-27)19-6-4-18(14-36)5-7-19/h4-7,9-11,14-16,20,26,37H,8,12-13H2,1-3H3,(H,34,38)(H,31,32,33)/t20-,26+/m1/s1. The van der Waals surface area contributed by atoms with E-state index in [1.165, 1.54) is 18.5 Å². The van der Waals surface area contributed by atoms with E-state index in [2.05, 4.69) is 34.1 Å². The Kier molecular flexibility index (Phi) is 6.94. The molecule has 1 aliphatic rings. The highest BCUT2D eigenvalue weighted by atomic mass is 19.1. The van der Waals surface area contributed by atoms with E-state index in [1.807, 2.05) is 25.1 Å². The average Bonchev–Trinajstić information content (AvgIpc) is 3.49. The molecular weight excluding hydrogens is 485 g/mol. The van der Waals surface area contributed by atoms with Gasteiger partial charge in [-0.15, -0.1) is 0 Å². The Morgan fingerprint density at radius 2 is 1.97 bits per heavy atom. The molecule has 5 rings (SSSR count). The molecule has 9 heteroatoms. The number of amides is 2. The van der Waals surface area contributed by atoms with Gasteiger partial charge >= 0.3 is 6.03 Å². The van der Waals surface area contributed by atoms with Gasteiger partial charge in [0, 0.05) is 46.9 Å². The maximum Gasteiger partial charge on any atom is 0.321 e. The number of benzene rings is 2. The van der Waals surface area contributed by atoms with Crippen LogP contribution in [-0.2, 0) is 0 Å². The Balaban J connectivity index is 1.45. The first-order valence-corrected chi connectivity index (χ1v) is 12.7. The van der Waals surface area contributed by atoms with Crippen molar-refractivity contribution in [3.8, 4) is 22.5 Å². The van der Waals surface area contributed by atoms with Gasteiger partial charge in [-0.25, -0.2) is 19.2 Å². The highest BCUT2D eigenvalue weighted by Gasteiger charge is 2.34. The van der Waals surface area contributed by atoms with Crippen molar-refractivity contribution in [3.63, 3.8) is 0 Å². The van der Waals surface area contributed by atoms with Gasteiger partial charge in [-0.1, -0.05) is 38.1 Å². The van der Waals surface area contributed by atoms with Gasteiger partial charge in [0.15, 0.2) is 0 Å². The number of β-amino-alcohol motifs (C(OH)–C–C–N with tert-alkyl or cyclic N) is 1. The summed E-state index contributed by atoms with van der Waals surface area (Å²) in [5, 5.41) is 14.0. The minimum Gasteiger partial charge on any atom is -0.391 e. The van der Waals surface area contributed by atoms with Crippen LogP contribution in [0, 0.1) is 24.6 Å². The Morgan fingerprint density at radius 3 is 2.68 bits per heavy atom. The molecule has 38 heavy (non-hydrogen) atoms. The third-order valence-electron chi connectivity index (χ3n) is 7.12. The number of rotatable bonds is 6. The number of nitrogens with zero attached hydrogens (tertiary/aromatic N) is 3.